The molecule has 2 aromatic heterocycles. The molecule has 1 amide bonds. The molecule has 0 saturated carbocycles. The minimum Gasteiger partial charge on any atom is -0.391 e. The summed E-state index contributed by atoms with van der Waals surface area (Å²) in [5.74, 6) is -3.84. The van der Waals surface area contributed by atoms with Gasteiger partial charge < -0.3 is 15.3 Å². The van der Waals surface area contributed by atoms with Crippen LogP contribution in [0.2, 0.25) is 0 Å². The van der Waals surface area contributed by atoms with Crippen LogP contribution in [0, 0.1) is 6.92 Å². The molecule has 8 nitrogen and oxygen atoms in total. The normalized spacial score (nSPS) is 20.6. The minimum atomic E-state index is -4.72. The van der Waals surface area contributed by atoms with Crippen LogP contribution in [-0.2, 0) is 6.18 Å². The molecule has 2 fully saturated rings. The molecule has 0 radical (unpaired) electrons. The van der Waals surface area contributed by atoms with Crippen LogP contribution in [0.1, 0.15) is 52.6 Å². The SMILES string of the molecule is Cc1ccc2nc(N3CCC(O)C3)ccc2c1C(=O)NCC(c1cnc(C(F)(F)F)nc1)N1CCC(F)(F)CC1. The lowest BCUT2D eigenvalue weighted by Crippen LogP contribution is -2.45. The van der Waals surface area contributed by atoms with Crippen LogP contribution in [0.4, 0.5) is 27.8 Å². The smallest absolute Gasteiger partial charge is 0.391 e. The standard InChI is InChI=1S/C27H29F5N6O2/c1-16-2-4-20-19(3-5-22(36-20)38-9-6-18(39)15-38)23(16)24(40)33-14-21(37-10-7-26(28,29)8-11-37)17-12-34-25(35-13-17)27(30,31)32/h2-5,12-13,18,21,39H,6-11,14-15H2,1H3,(H,33,40). The van der Waals surface area contributed by atoms with Crippen LogP contribution in [0.15, 0.2) is 36.7 Å². The van der Waals surface area contributed by atoms with E-state index in [0.717, 1.165) is 12.4 Å². The van der Waals surface area contributed by atoms with Gasteiger partial charge in [0.2, 0.25) is 5.82 Å². The molecule has 0 spiro atoms. The molecule has 40 heavy (non-hydrogen) atoms. The average molecular weight is 565 g/mol. The highest BCUT2D eigenvalue weighted by Crippen LogP contribution is 2.33. The number of likely N-dealkylation sites (tertiary alicyclic amines) is 1. The third kappa shape index (κ3) is 5.99. The van der Waals surface area contributed by atoms with Crippen LogP contribution in [0.5, 0.6) is 0 Å². The van der Waals surface area contributed by atoms with E-state index in [9.17, 15) is 31.9 Å². The lowest BCUT2D eigenvalue weighted by molar-refractivity contribution is -0.145. The van der Waals surface area contributed by atoms with Crippen molar-refractivity contribution in [1.29, 1.82) is 0 Å². The molecule has 0 bridgehead atoms. The van der Waals surface area contributed by atoms with E-state index in [1.54, 1.807) is 30.0 Å². The van der Waals surface area contributed by atoms with Crippen LogP contribution < -0.4 is 10.2 Å². The molecular weight excluding hydrogens is 535 g/mol. The number of aromatic nitrogens is 3. The third-order valence-corrected chi connectivity index (χ3v) is 7.52. The number of aryl methyl sites for hydroxylation is 1. The minimum absolute atomic E-state index is 0.000249. The Morgan fingerprint density at radius 1 is 1.12 bits per heavy atom. The van der Waals surface area contributed by atoms with Gasteiger partial charge in [-0.05, 0) is 37.1 Å². The Kier molecular flexibility index (Phi) is 7.62. The number of anilines is 1. The van der Waals surface area contributed by atoms with Gasteiger partial charge in [0.15, 0.2) is 0 Å². The third-order valence-electron chi connectivity index (χ3n) is 7.52. The predicted octanol–water partition coefficient (Wildman–Crippen LogP) is 4.13. The number of nitrogens with one attached hydrogen (secondary N) is 1. The maximum Gasteiger partial charge on any atom is 0.451 e. The Balaban J connectivity index is 1.38. The summed E-state index contributed by atoms with van der Waals surface area (Å²) in [7, 11) is 0. The molecule has 4 heterocycles. The average Bonchev–Trinajstić information content (AvgIpc) is 3.35. The zero-order valence-corrected chi connectivity index (χ0v) is 21.8. The summed E-state index contributed by atoms with van der Waals surface area (Å²) in [6, 6.07) is 6.49. The first-order valence-electron chi connectivity index (χ1n) is 13.0. The van der Waals surface area contributed by atoms with Crippen molar-refractivity contribution in [2.75, 3.05) is 37.6 Å². The van der Waals surface area contributed by atoms with Gasteiger partial charge in [0, 0.05) is 68.9 Å². The number of carbonyl (C=O) groups excluding carboxylic acids is 1. The van der Waals surface area contributed by atoms with Crippen molar-refractivity contribution in [3.8, 4) is 0 Å². The highest BCUT2D eigenvalue weighted by Gasteiger charge is 2.38. The number of benzene rings is 1. The fourth-order valence-corrected chi connectivity index (χ4v) is 5.28. The van der Waals surface area contributed by atoms with Gasteiger partial charge in [0.05, 0.1) is 23.2 Å². The number of carbonyl (C=O) groups is 1. The van der Waals surface area contributed by atoms with Crippen molar-refractivity contribution in [1.82, 2.24) is 25.2 Å². The van der Waals surface area contributed by atoms with Gasteiger partial charge in [-0.2, -0.15) is 13.2 Å². The Morgan fingerprint density at radius 2 is 1.82 bits per heavy atom. The quantitative estimate of drug-likeness (QED) is 0.435. The molecular formula is C27H29F5N6O2. The second kappa shape index (κ2) is 10.8. The highest BCUT2D eigenvalue weighted by molar-refractivity contribution is 6.07. The van der Waals surface area contributed by atoms with Gasteiger partial charge in [-0.3, -0.25) is 9.69 Å². The molecule has 2 aliphatic rings. The molecule has 0 aliphatic carbocycles. The van der Waals surface area contributed by atoms with Gasteiger partial charge in [-0.1, -0.05) is 6.07 Å². The maximum absolute atomic E-state index is 13.8. The molecule has 2 saturated heterocycles. The number of nitrogens with zero attached hydrogens (tertiary/aromatic N) is 5. The number of halogens is 5. The number of amides is 1. The van der Waals surface area contributed by atoms with E-state index in [2.05, 4.69) is 20.3 Å². The summed E-state index contributed by atoms with van der Waals surface area (Å²) in [4.78, 5) is 28.7. The number of fused-ring (bicyclic) bond motifs is 1. The fourth-order valence-electron chi connectivity index (χ4n) is 5.28. The summed E-state index contributed by atoms with van der Waals surface area (Å²) >= 11 is 0. The van der Waals surface area contributed by atoms with Crippen LogP contribution >= 0.6 is 0 Å². The van der Waals surface area contributed by atoms with E-state index in [0.29, 0.717) is 47.4 Å². The second-order valence-electron chi connectivity index (χ2n) is 10.3. The van der Waals surface area contributed by atoms with Crippen molar-refractivity contribution >= 4 is 22.6 Å². The molecule has 214 valence electrons. The summed E-state index contributed by atoms with van der Waals surface area (Å²) in [5, 5.41) is 13.3. The molecule has 13 heteroatoms. The van der Waals surface area contributed by atoms with Crippen molar-refractivity contribution in [3.63, 3.8) is 0 Å². The molecule has 3 aromatic rings. The first kappa shape index (κ1) is 28.1. The number of piperidine rings is 1. The van der Waals surface area contributed by atoms with Gasteiger partial charge in [0.25, 0.3) is 11.8 Å². The van der Waals surface area contributed by atoms with Gasteiger partial charge >= 0.3 is 6.18 Å². The summed E-state index contributed by atoms with van der Waals surface area (Å²) in [6.07, 6.45) is -3.21. The van der Waals surface area contributed by atoms with Gasteiger partial charge in [-0.25, -0.2) is 23.7 Å². The van der Waals surface area contributed by atoms with E-state index in [1.807, 2.05) is 11.0 Å². The number of alkyl halides is 5. The van der Waals surface area contributed by atoms with E-state index in [4.69, 9.17) is 0 Å². The number of hydrogen-bond donors (Lipinski definition) is 2. The molecule has 2 aliphatic heterocycles. The van der Waals surface area contributed by atoms with Gasteiger partial charge in [-0.15, -0.1) is 0 Å². The Morgan fingerprint density at radius 3 is 2.45 bits per heavy atom. The predicted molar refractivity (Wildman–Crippen MR) is 137 cm³/mol. The zero-order chi connectivity index (χ0) is 28.7. The number of pyridine rings is 1. The number of rotatable bonds is 6. The Labute approximate surface area is 227 Å². The molecule has 2 N–H and O–H groups in total. The van der Waals surface area contributed by atoms with Crippen molar-refractivity contribution in [3.05, 3.63) is 59.2 Å². The molecule has 5 rings (SSSR count). The van der Waals surface area contributed by atoms with Crippen molar-refractivity contribution in [2.24, 2.45) is 0 Å². The molecule has 1 aromatic carbocycles. The van der Waals surface area contributed by atoms with E-state index < -0.39 is 48.8 Å². The van der Waals surface area contributed by atoms with Crippen LogP contribution in [0.3, 0.4) is 0 Å². The topological polar surface area (TPSA) is 94.5 Å². The first-order valence-corrected chi connectivity index (χ1v) is 13.0. The summed E-state index contributed by atoms with van der Waals surface area (Å²) in [5.41, 5.74) is 1.97. The molecule has 2 unspecified atom stereocenters. The zero-order valence-electron chi connectivity index (χ0n) is 21.8. The van der Waals surface area contributed by atoms with E-state index >= 15 is 0 Å². The fraction of sp³-hybridized carbons (Fsp3) is 0.481. The largest absolute Gasteiger partial charge is 0.451 e. The second-order valence-corrected chi connectivity index (χ2v) is 10.3. The highest BCUT2D eigenvalue weighted by atomic mass is 19.4. The monoisotopic (exact) mass is 564 g/mol. The lowest BCUT2D eigenvalue weighted by atomic mass is 10.00. The van der Waals surface area contributed by atoms with E-state index in [1.165, 1.54) is 0 Å². The number of aliphatic hydroxyl groups excluding tert-OH is 1. The van der Waals surface area contributed by atoms with E-state index in [-0.39, 0.29) is 25.2 Å². The number of hydrogen-bond acceptors (Lipinski definition) is 7. The maximum atomic E-state index is 13.8. The number of aliphatic hydroxyl groups is 1. The van der Waals surface area contributed by atoms with Gasteiger partial charge in [0.1, 0.15) is 5.82 Å². The lowest BCUT2D eigenvalue weighted by Gasteiger charge is -2.37. The van der Waals surface area contributed by atoms with Crippen molar-refractivity contribution < 1.29 is 31.9 Å². The van der Waals surface area contributed by atoms with Crippen molar-refractivity contribution in [2.45, 2.75) is 50.4 Å². The Bertz CT molecular complexity index is 1370. The van der Waals surface area contributed by atoms with Crippen LogP contribution in [0.25, 0.3) is 10.9 Å². The summed E-state index contributed by atoms with van der Waals surface area (Å²) < 4.78 is 66.7. The summed E-state index contributed by atoms with van der Waals surface area (Å²) in [6.45, 7) is 2.89. The van der Waals surface area contributed by atoms with Crippen LogP contribution in [-0.4, -0.2) is 75.6 Å². The molecule has 2 atom stereocenters. The Hall–Kier alpha value is -3.45. The number of β-amino-alcohol motifs (C(OH)–C–C–N with tert-alkyl or cyclic N) is 1. The first-order chi connectivity index (χ1) is 18.9.